The standard InChI is InChI=1S/C17H26O3/c1-16(2)14(9-10-17(16,3)11-18)15(19)12-5-7-13(20-4)8-6-12/h5-8,14-15,18-19H,9-11H2,1-4H3/t14-,15-,17+/m0/s1. The van der Waals surface area contributed by atoms with Gasteiger partial charge in [-0.25, -0.2) is 0 Å². The van der Waals surface area contributed by atoms with Crippen molar-refractivity contribution in [2.75, 3.05) is 13.7 Å². The van der Waals surface area contributed by atoms with Gasteiger partial charge in [-0.1, -0.05) is 32.9 Å². The number of methoxy groups -OCH3 is 1. The number of ether oxygens (including phenoxy) is 1. The monoisotopic (exact) mass is 278 g/mol. The lowest BCUT2D eigenvalue weighted by Crippen LogP contribution is -2.39. The van der Waals surface area contributed by atoms with E-state index in [0.29, 0.717) is 0 Å². The van der Waals surface area contributed by atoms with Crippen molar-refractivity contribution in [3.05, 3.63) is 29.8 Å². The molecule has 1 aromatic carbocycles. The highest BCUT2D eigenvalue weighted by molar-refractivity contribution is 5.29. The second-order valence-corrected chi connectivity index (χ2v) is 6.80. The molecule has 3 heteroatoms. The minimum absolute atomic E-state index is 0.0961. The van der Waals surface area contributed by atoms with Crippen LogP contribution in [0.3, 0.4) is 0 Å². The second kappa shape index (κ2) is 5.38. The van der Waals surface area contributed by atoms with Crippen LogP contribution in [0.1, 0.15) is 45.3 Å². The van der Waals surface area contributed by atoms with Crippen LogP contribution in [0.4, 0.5) is 0 Å². The summed E-state index contributed by atoms with van der Waals surface area (Å²) in [5, 5.41) is 20.4. The Balaban J connectivity index is 2.23. The molecule has 0 bridgehead atoms. The van der Waals surface area contributed by atoms with E-state index in [1.54, 1.807) is 7.11 Å². The first-order chi connectivity index (χ1) is 9.35. The number of hydrogen-bond donors (Lipinski definition) is 2. The minimum Gasteiger partial charge on any atom is -0.497 e. The van der Waals surface area contributed by atoms with Crippen molar-refractivity contribution in [3.63, 3.8) is 0 Å². The lowest BCUT2D eigenvalue weighted by atomic mass is 9.64. The van der Waals surface area contributed by atoms with Crippen molar-refractivity contribution in [2.45, 2.75) is 39.7 Å². The van der Waals surface area contributed by atoms with Crippen molar-refractivity contribution in [1.29, 1.82) is 0 Å². The molecule has 0 radical (unpaired) electrons. The largest absolute Gasteiger partial charge is 0.497 e. The number of hydrogen-bond acceptors (Lipinski definition) is 3. The molecule has 1 aliphatic carbocycles. The van der Waals surface area contributed by atoms with Crippen LogP contribution in [0.25, 0.3) is 0 Å². The highest BCUT2D eigenvalue weighted by Crippen LogP contribution is 2.59. The molecule has 0 heterocycles. The Hall–Kier alpha value is -1.06. The third-order valence-electron chi connectivity index (χ3n) is 5.68. The average molecular weight is 278 g/mol. The van der Waals surface area contributed by atoms with Gasteiger partial charge < -0.3 is 14.9 Å². The molecule has 112 valence electrons. The first kappa shape index (κ1) is 15.3. The van der Waals surface area contributed by atoms with Crippen LogP contribution in [0.15, 0.2) is 24.3 Å². The molecule has 0 saturated heterocycles. The molecule has 3 atom stereocenters. The van der Waals surface area contributed by atoms with Crippen molar-refractivity contribution in [2.24, 2.45) is 16.7 Å². The van der Waals surface area contributed by atoms with Crippen LogP contribution in [-0.4, -0.2) is 23.9 Å². The number of benzene rings is 1. The van der Waals surface area contributed by atoms with Crippen LogP contribution in [0, 0.1) is 16.7 Å². The van der Waals surface area contributed by atoms with Crippen molar-refractivity contribution in [1.82, 2.24) is 0 Å². The molecule has 0 unspecified atom stereocenters. The Kier molecular flexibility index (Phi) is 4.12. The lowest BCUT2D eigenvalue weighted by molar-refractivity contribution is -0.0212. The third kappa shape index (κ3) is 2.33. The number of rotatable bonds is 4. The summed E-state index contributed by atoms with van der Waals surface area (Å²) >= 11 is 0. The summed E-state index contributed by atoms with van der Waals surface area (Å²) in [7, 11) is 1.64. The quantitative estimate of drug-likeness (QED) is 0.889. The molecule has 0 spiro atoms. The Bertz CT molecular complexity index is 452. The van der Waals surface area contributed by atoms with Gasteiger partial charge >= 0.3 is 0 Å². The van der Waals surface area contributed by atoms with Gasteiger partial charge in [-0.3, -0.25) is 0 Å². The zero-order chi connectivity index (χ0) is 15.0. The molecule has 1 aliphatic rings. The fraction of sp³-hybridized carbons (Fsp3) is 0.647. The molecule has 0 aliphatic heterocycles. The molecule has 1 fully saturated rings. The van der Waals surface area contributed by atoms with Gasteiger partial charge in [0.25, 0.3) is 0 Å². The molecular weight excluding hydrogens is 252 g/mol. The average Bonchev–Trinajstić information content (AvgIpc) is 2.69. The smallest absolute Gasteiger partial charge is 0.118 e. The van der Waals surface area contributed by atoms with Gasteiger partial charge in [-0.05, 0) is 47.3 Å². The van der Waals surface area contributed by atoms with Gasteiger partial charge in [0.05, 0.1) is 13.2 Å². The van der Waals surface area contributed by atoms with Crippen molar-refractivity contribution >= 4 is 0 Å². The van der Waals surface area contributed by atoms with E-state index in [-0.39, 0.29) is 23.4 Å². The van der Waals surface area contributed by atoms with Crippen LogP contribution in [0.2, 0.25) is 0 Å². The van der Waals surface area contributed by atoms with Crippen LogP contribution >= 0.6 is 0 Å². The van der Waals surface area contributed by atoms with E-state index in [1.807, 2.05) is 24.3 Å². The Morgan fingerprint density at radius 2 is 1.85 bits per heavy atom. The van der Waals surface area contributed by atoms with E-state index in [4.69, 9.17) is 4.74 Å². The first-order valence-corrected chi connectivity index (χ1v) is 7.28. The molecule has 20 heavy (non-hydrogen) atoms. The molecule has 1 saturated carbocycles. The normalized spacial score (nSPS) is 30.2. The predicted octanol–water partition coefficient (Wildman–Crippen LogP) is 3.16. The summed E-state index contributed by atoms with van der Waals surface area (Å²) in [4.78, 5) is 0. The second-order valence-electron chi connectivity index (χ2n) is 6.80. The highest BCUT2D eigenvalue weighted by atomic mass is 16.5. The van der Waals surface area contributed by atoms with Gasteiger partial charge in [-0.2, -0.15) is 0 Å². The topological polar surface area (TPSA) is 49.7 Å². The van der Waals surface area contributed by atoms with E-state index in [0.717, 1.165) is 24.2 Å². The van der Waals surface area contributed by atoms with Gasteiger partial charge in [0, 0.05) is 6.61 Å². The molecule has 2 N–H and O–H groups in total. The van der Waals surface area contributed by atoms with Gasteiger partial charge in [0.15, 0.2) is 0 Å². The summed E-state index contributed by atoms with van der Waals surface area (Å²) in [6.07, 6.45) is 1.40. The molecule has 0 amide bonds. The Labute approximate surface area is 121 Å². The molecule has 2 rings (SSSR count). The van der Waals surface area contributed by atoms with E-state index >= 15 is 0 Å². The summed E-state index contributed by atoms with van der Waals surface area (Å²) in [6, 6.07) is 7.61. The summed E-state index contributed by atoms with van der Waals surface area (Å²) in [6.45, 7) is 6.61. The van der Waals surface area contributed by atoms with Crippen LogP contribution in [0.5, 0.6) is 5.75 Å². The van der Waals surface area contributed by atoms with Gasteiger partial charge in [0.1, 0.15) is 5.75 Å². The molecular formula is C17H26O3. The fourth-order valence-corrected chi connectivity index (χ4v) is 3.47. The first-order valence-electron chi connectivity index (χ1n) is 7.28. The maximum absolute atomic E-state index is 10.7. The molecule has 3 nitrogen and oxygen atoms in total. The Morgan fingerprint density at radius 3 is 2.30 bits per heavy atom. The maximum Gasteiger partial charge on any atom is 0.118 e. The number of aliphatic hydroxyl groups excluding tert-OH is 2. The summed E-state index contributed by atoms with van der Waals surface area (Å²) in [5.74, 6) is 0.958. The summed E-state index contributed by atoms with van der Waals surface area (Å²) in [5.41, 5.74) is 0.706. The minimum atomic E-state index is -0.496. The zero-order valence-corrected chi connectivity index (χ0v) is 12.9. The third-order valence-corrected chi connectivity index (χ3v) is 5.68. The van der Waals surface area contributed by atoms with E-state index in [9.17, 15) is 10.2 Å². The van der Waals surface area contributed by atoms with E-state index < -0.39 is 6.10 Å². The maximum atomic E-state index is 10.7. The summed E-state index contributed by atoms with van der Waals surface area (Å²) < 4.78 is 5.15. The predicted molar refractivity (Wildman–Crippen MR) is 79.7 cm³/mol. The van der Waals surface area contributed by atoms with Crippen LogP contribution < -0.4 is 4.74 Å². The van der Waals surface area contributed by atoms with Crippen molar-refractivity contribution in [3.8, 4) is 5.75 Å². The lowest BCUT2D eigenvalue weighted by Gasteiger charge is -2.42. The van der Waals surface area contributed by atoms with E-state index in [1.165, 1.54) is 0 Å². The SMILES string of the molecule is COc1ccc([C@H](O)[C@@H]2CC[C@](C)(CO)C2(C)C)cc1. The zero-order valence-electron chi connectivity index (χ0n) is 12.9. The van der Waals surface area contributed by atoms with Gasteiger partial charge in [-0.15, -0.1) is 0 Å². The van der Waals surface area contributed by atoms with Crippen LogP contribution in [-0.2, 0) is 0 Å². The highest BCUT2D eigenvalue weighted by Gasteiger charge is 2.53. The fourth-order valence-electron chi connectivity index (χ4n) is 3.47. The molecule has 1 aromatic rings. The van der Waals surface area contributed by atoms with Crippen molar-refractivity contribution < 1.29 is 14.9 Å². The number of aliphatic hydroxyl groups is 2. The Morgan fingerprint density at radius 1 is 1.25 bits per heavy atom. The van der Waals surface area contributed by atoms with Gasteiger partial charge in [0.2, 0.25) is 0 Å². The van der Waals surface area contributed by atoms with E-state index in [2.05, 4.69) is 20.8 Å². The molecule has 0 aromatic heterocycles.